The number of rotatable bonds is 13. The highest BCUT2D eigenvalue weighted by atomic mass is 16.5. The molecule has 258 valence electrons. The van der Waals surface area contributed by atoms with Gasteiger partial charge in [0, 0.05) is 43.5 Å². The monoisotopic (exact) mass is 667 g/mol. The number of methoxy groups -OCH3 is 3. The van der Waals surface area contributed by atoms with Gasteiger partial charge in [0.1, 0.15) is 11.9 Å². The number of ether oxygens (including phenoxy) is 3. The van der Waals surface area contributed by atoms with Crippen LogP contribution >= 0.6 is 0 Å². The first-order valence-electron chi connectivity index (χ1n) is 16.6. The van der Waals surface area contributed by atoms with Gasteiger partial charge in [-0.05, 0) is 53.6 Å². The predicted molar refractivity (Wildman–Crippen MR) is 190 cm³/mol. The molecule has 0 spiro atoms. The van der Waals surface area contributed by atoms with E-state index in [1.54, 1.807) is 39.7 Å². The number of nitrogens with zero attached hydrogens (tertiary/aromatic N) is 2. The van der Waals surface area contributed by atoms with Crippen molar-refractivity contribution in [2.75, 3.05) is 33.2 Å². The molecule has 0 saturated heterocycles. The van der Waals surface area contributed by atoms with E-state index in [0.717, 1.165) is 22.5 Å². The third-order valence-corrected chi connectivity index (χ3v) is 9.12. The number of fused-ring (bicyclic) bond motifs is 3. The lowest BCUT2D eigenvalue weighted by Gasteiger charge is -2.24. The van der Waals surface area contributed by atoms with Crippen LogP contribution in [0.25, 0.3) is 22.5 Å². The molecule has 1 aliphatic carbocycles. The minimum absolute atomic E-state index is 0.0828. The van der Waals surface area contributed by atoms with Crippen LogP contribution < -0.4 is 35.6 Å². The number of hydrogen-bond donors (Lipinski definition) is 3. The number of anilines is 1. The Hall–Kier alpha value is -5.32. The van der Waals surface area contributed by atoms with Crippen LogP contribution in [-0.2, 0) is 22.6 Å². The summed E-state index contributed by atoms with van der Waals surface area (Å²) in [6.45, 7) is 6.37. The number of aryl methyl sites for hydroxylation is 1. The van der Waals surface area contributed by atoms with Crippen molar-refractivity contribution in [3.05, 3.63) is 88.3 Å². The molecule has 3 aromatic carbocycles. The third-order valence-electron chi connectivity index (χ3n) is 9.12. The lowest BCUT2D eigenvalue weighted by molar-refractivity contribution is -0.123. The van der Waals surface area contributed by atoms with E-state index in [1.165, 1.54) is 6.92 Å². The fourth-order valence-electron chi connectivity index (χ4n) is 6.44. The van der Waals surface area contributed by atoms with Crippen molar-refractivity contribution in [1.82, 2.24) is 20.2 Å². The van der Waals surface area contributed by atoms with E-state index in [2.05, 4.69) is 20.9 Å². The van der Waals surface area contributed by atoms with Gasteiger partial charge in [-0.25, -0.2) is 4.98 Å². The van der Waals surface area contributed by atoms with E-state index in [1.807, 2.05) is 67.1 Å². The molecule has 49 heavy (non-hydrogen) atoms. The first kappa shape index (κ1) is 35.0. The van der Waals surface area contributed by atoms with Gasteiger partial charge < -0.3 is 34.7 Å². The van der Waals surface area contributed by atoms with Crippen molar-refractivity contribution in [1.29, 1.82) is 0 Å². The van der Waals surface area contributed by atoms with E-state index in [9.17, 15) is 14.4 Å². The molecule has 1 heterocycles. The largest absolute Gasteiger partial charge is 0.493 e. The molecule has 11 heteroatoms. The Morgan fingerprint density at radius 1 is 1.02 bits per heavy atom. The normalized spacial score (nSPS) is 14.7. The van der Waals surface area contributed by atoms with Gasteiger partial charge in [-0.1, -0.05) is 56.7 Å². The van der Waals surface area contributed by atoms with Crippen molar-refractivity contribution in [3.63, 3.8) is 0 Å². The third kappa shape index (κ3) is 7.56. The average Bonchev–Trinajstić information content (AvgIpc) is 3.46. The lowest BCUT2D eigenvalue weighted by Crippen LogP contribution is -2.45. The molecule has 4 aromatic rings. The topological polar surface area (TPSA) is 133 Å². The molecule has 0 unspecified atom stereocenters. The summed E-state index contributed by atoms with van der Waals surface area (Å²) in [5, 5.41) is 9.37. The molecule has 3 N–H and O–H groups in total. The maximum absolute atomic E-state index is 13.9. The summed E-state index contributed by atoms with van der Waals surface area (Å²) < 4.78 is 19.2. The van der Waals surface area contributed by atoms with Crippen LogP contribution in [0.15, 0.2) is 71.8 Å². The molecule has 0 radical (unpaired) electrons. The fourth-order valence-corrected chi connectivity index (χ4v) is 6.44. The van der Waals surface area contributed by atoms with Crippen LogP contribution in [0, 0.1) is 5.92 Å². The van der Waals surface area contributed by atoms with Crippen molar-refractivity contribution in [2.24, 2.45) is 5.92 Å². The standard InChI is InChI=1S/C38H45N5O6/c1-7-23(2)34(38(46)40-18-20-43-19-17-39-37(43)25-11-9-8-10-12-25)42-30-16-14-27-28(22-31(30)45)29(41-24(3)44)15-13-26-21-32(47-4)35(48-5)36(49-6)33(26)27/h8-12,14,16-17,19,21-23,29,34H,7,13,15,18,20H2,1-6H3,(H,40,46)(H,41,44)(H,42,45)/t23-,29+,34+/m0/s1. The van der Waals surface area contributed by atoms with Crippen LogP contribution in [0.2, 0.25) is 0 Å². The molecule has 0 fully saturated rings. The molecule has 3 atom stereocenters. The van der Waals surface area contributed by atoms with Gasteiger partial charge in [-0.2, -0.15) is 0 Å². The molecule has 0 bridgehead atoms. The van der Waals surface area contributed by atoms with Crippen molar-refractivity contribution in [2.45, 2.75) is 58.7 Å². The second-order valence-electron chi connectivity index (χ2n) is 12.2. The zero-order valence-corrected chi connectivity index (χ0v) is 29.0. The van der Waals surface area contributed by atoms with Gasteiger partial charge in [-0.15, -0.1) is 0 Å². The second-order valence-corrected chi connectivity index (χ2v) is 12.2. The number of hydrogen-bond acceptors (Lipinski definition) is 8. The van der Waals surface area contributed by atoms with Gasteiger partial charge in [0.25, 0.3) is 0 Å². The molecular formula is C38H45N5O6. The Bertz CT molecular complexity index is 1860. The maximum atomic E-state index is 13.9. The van der Waals surface area contributed by atoms with Gasteiger partial charge in [0.15, 0.2) is 11.5 Å². The first-order valence-corrected chi connectivity index (χ1v) is 16.6. The summed E-state index contributed by atoms with van der Waals surface area (Å²) in [6.07, 6.45) is 5.49. The highest BCUT2D eigenvalue weighted by Gasteiger charge is 2.30. The van der Waals surface area contributed by atoms with Crippen LogP contribution in [0.4, 0.5) is 5.69 Å². The number of nitrogens with one attached hydrogen (secondary N) is 3. The highest BCUT2D eigenvalue weighted by Crippen LogP contribution is 2.50. The zero-order chi connectivity index (χ0) is 35.1. The van der Waals surface area contributed by atoms with E-state index in [0.29, 0.717) is 60.7 Å². The Labute approximate surface area is 287 Å². The first-order chi connectivity index (χ1) is 23.7. The SMILES string of the molecule is CC[C@H](C)[C@@H](Nc1ccc2c(cc1=O)[C@H](NC(C)=O)CCc1cc(OC)c(OC)c(OC)c1-2)C(=O)NCCn1ccnc1-c1ccccc1. The molecular weight excluding hydrogens is 622 g/mol. The van der Waals surface area contributed by atoms with E-state index in [4.69, 9.17) is 14.2 Å². The Balaban J connectivity index is 1.48. The molecule has 0 aliphatic heterocycles. The van der Waals surface area contributed by atoms with Crippen LogP contribution in [0.3, 0.4) is 0 Å². The molecule has 0 saturated carbocycles. The molecule has 11 nitrogen and oxygen atoms in total. The van der Waals surface area contributed by atoms with Crippen molar-refractivity contribution in [3.8, 4) is 39.8 Å². The number of aromatic nitrogens is 2. The lowest BCUT2D eigenvalue weighted by atomic mass is 9.95. The van der Waals surface area contributed by atoms with Gasteiger partial charge in [0.05, 0.1) is 33.1 Å². The minimum atomic E-state index is -0.673. The molecule has 5 rings (SSSR count). The number of imidazole rings is 1. The van der Waals surface area contributed by atoms with E-state index < -0.39 is 12.1 Å². The zero-order valence-electron chi connectivity index (χ0n) is 29.0. The molecule has 1 aliphatic rings. The van der Waals surface area contributed by atoms with E-state index in [-0.39, 0.29) is 28.8 Å². The predicted octanol–water partition coefficient (Wildman–Crippen LogP) is 5.37. The average molecular weight is 668 g/mol. The summed E-state index contributed by atoms with van der Waals surface area (Å²) in [6, 6.07) is 15.8. The summed E-state index contributed by atoms with van der Waals surface area (Å²) in [4.78, 5) is 44.4. The molecule has 1 aromatic heterocycles. The van der Waals surface area contributed by atoms with Gasteiger partial charge in [-0.3, -0.25) is 14.4 Å². The van der Waals surface area contributed by atoms with Crippen LogP contribution in [-0.4, -0.2) is 55.3 Å². The van der Waals surface area contributed by atoms with Gasteiger partial charge in [0.2, 0.25) is 23.0 Å². The summed E-state index contributed by atoms with van der Waals surface area (Å²) >= 11 is 0. The van der Waals surface area contributed by atoms with Crippen molar-refractivity contribution >= 4 is 17.5 Å². The highest BCUT2D eigenvalue weighted by molar-refractivity contribution is 5.86. The smallest absolute Gasteiger partial charge is 0.242 e. The summed E-state index contributed by atoms with van der Waals surface area (Å²) in [5.74, 6) is 1.76. The number of carbonyl (C=O) groups is 2. The van der Waals surface area contributed by atoms with Crippen molar-refractivity contribution < 1.29 is 23.8 Å². The van der Waals surface area contributed by atoms with Crippen LogP contribution in [0.1, 0.15) is 50.8 Å². The van der Waals surface area contributed by atoms with Gasteiger partial charge >= 0.3 is 0 Å². The number of carbonyl (C=O) groups excluding carboxylic acids is 2. The van der Waals surface area contributed by atoms with E-state index >= 15 is 0 Å². The summed E-state index contributed by atoms with van der Waals surface area (Å²) in [5.41, 5.74) is 4.03. The number of amides is 2. The Kier molecular flexibility index (Phi) is 11.2. The number of benzene rings is 2. The van der Waals surface area contributed by atoms with Crippen LogP contribution in [0.5, 0.6) is 17.2 Å². The maximum Gasteiger partial charge on any atom is 0.242 e. The second kappa shape index (κ2) is 15.7. The Morgan fingerprint density at radius 2 is 1.78 bits per heavy atom. The Morgan fingerprint density at radius 3 is 2.45 bits per heavy atom. The fraction of sp³-hybridized carbons (Fsp3) is 0.368. The quantitative estimate of drug-likeness (QED) is 0.173. The molecule has 2 amide bonds. The minimum Gasteiger partial charge on any atom is -0.493 e. The summed E-state index contributed by atoms with van der Waals surface area (Å²) in [7, 11) is 4.68.